The van der Waals surface area contributed by atoms with Gasteiger partial charge in [-0.3, -0.25) is 4.57 Å². The van der Waals surface area contributed by atoms with Crippen LogP contribution in [0, 0.1) is 13.8 Å². The van der Waals surface area contributed by atoms with Crippen LogP contribution in [0.25, 0.3) is 27.8 Å². The van der Waals surface area contributed by atoms with Crippen LogP contribution in [-0.2, 0) is 5.44 Å². The lowest BCUT2D eigenvalue weighted by Gasteiger charge is -2.35. The van der Waals surface area contributed by atoms with Crippen molar-refractivity contribution >= 4 is 39.4 Å². The van der Waals surface area contributed by atoms with Gasteiger partial charge in [-0.25, -0.2) is 4.98 Å². The number of hydrogen-bond donors (Lipinski definition) is 0. The van der Waals surface area contributed by atoms with E-state index in [-0.39, 0.29) is 12.2 Å². The van der Waals surface area contributed by atoms with E-state index in [0.717, 1.165) is 5.95 Å². The summed E-state index contributed by atoms with van der Waals surface area (Å²) in [4.78, 5) is 4.86. The highest BCUT2D eigenvalue weighted by molar-refractivity contribution is 6.89. The van der Waals surface area contributed by atoms with E-state index in [1.54, 1.807) is 0 Å². The summed E-state index contributed by atoms with van der Waals surface area (Å²) in [5, 5.41) is 2.58. The topological polar surface area (TPSA) is 22.8 Å². The molecule has 3 nitrogen and oxygen atoms in total. The molecule has 1 aliphatic heterocycles. The van der Waals surface area contributed by atoms with E-state index in [4.69, 9.17) is 4.98 Å². The Morgan fingerprint density at radius 1 is 0.833 bits per heavy atom. The van der Waals surface area contributed by atoms with Gasteiger partial charge in [0.15, 0.2) is 0 Å². The second-order valence-corrected chi connectivity index (χ2v) is 9.09. The average Bonchev–Trinajstić information content (AvgIpc) is 3.32. The Labute approximate surface area is 177 Å². The van der Waals surface area contributed by atoms with Crippen LogP contribution >= 0.6 is 0 Å². The Bertz CT molecular complexity index is 1430. The Morgan fingerprint density at radius 3 is 2.33 bits per heavy atom. The predicted octanol–water partition coefficient (Wildman–Crippen LogP) is 4.49. The molecule has 0 N–H and O–H groups in total. The van der Waals surface area contributed by atoms with Crippen molar-refractivity contribution in [3.8, 4) is 5.95 Å². The summed E-state index contributed by atoms with van der Waals surface area (Å²) in [5.74, 6) is 0.993. The molecule has 0 fully saturated rings. The normalized spacial score (nSPS) is 14.9. The average molecular weight is 389 g/mol. The number of fused-ring (bicyclic) bond motifs is 5. The Morgan fingerprint density at radius 2 is 1.53 bits per heavy atom. The van der Waals surface area contributed by atoms with Crippen molar-refractivity contribution in [2.24, 2.45) is 0 Å². The highest BCUT2D eigenvalue weighted by Gasteiger charge is 2.44. The molecule has 0 spiro atoms. The molecule has 4 heteroatoms. The molecule has 0 atom stereocenters. The van der Waals surface area contributed by atoms with Crippen LogP contribution in [0.1, 0.15) is 25.0 Å². The van der Waals surface area contributed by atoms with E-state index in [1.807, 2.05) is 6.20 Å². The van der Waals surface area contributed by atoms with Crippen molar-refractivity contribution in [2.75, 3.05) is 0 Å². The van der Waals surface area contributed by atoms with Gasteiger partial charge in [-0.15, -0.1) is 0 Å². The molecule has 0 unspecified atom stereocenters. The fourth-order valence-corrected chi connectivity index (χ4v) is 5.71. The third-order valence-electron chi connectivity index (χ3n) is 7.02. The van der Waals surface area contributed by atoms with Gasteiger partial charge in [0.1, 0.15) is 0 Å². The largest absolute Gasteiger partial charge is 0.318 e. The molecule has 0 saturated heterocycles. The zero-order chi connectivity index (χ0) is 20.6. The Hall–Kier alpha value is -3.27. The van der Waals surface area contributed by atoms with E-state index in [9.17, 15) is 0 Å². The third kappa shape index (κ3) is 2.09. The summed E-state index contributed by atoms with van der Waals surface area (Å²) in [6.07, 6.45) is 4.08. The second kappa shape index (κ2) is 5.88. The first-order chi connectivity index (χ1) is 14.5. The summed E-state index contributed by atoms with van der Waals surface area (Å²) >= 11 is 0. The van der Waals surface area contributed by atoms with E-state index < -0.39 is 0 Å². The van der Waals surface area contributed by atoms with Crippen molar-refractivity contribution < 1.29 is 0 Å². The van der Waals surface area contributed by atoms with Gasteiger partial charge in [0.05, 0.1) is 11.0 Å². The smallest absolute Gasteiger partial charge is 0.240 e. The van der Waals surface area contributed by atoms with Crippen molar-refractivity contribution in [3.05, 3.63) is 84.2 Å². The molecular weight excluding hydrogens is 365 g/mol. The number of hydrogen-bond acceptors (Lipinski definition) is 1. The molecule has 3 aromatic carbocycles. The maximum absolute atomic E-state index is 4.86. The molecule has 0 radical (unpaired) electrons. The zero-order valence-corrected chi connectivity index (χ0v) is 17.8. The van der Waals surface area contributed by atoms with E-state index in [2.05, 4.69) is 104 Å². The number of aryl methyl sites for hydroxylation is 2. The lowest BCUT2D eigenvalue weighted by Crippen LogP contribution is -2.59. The first-order valence-electron chi connectivity index (χ1n) is 10.6. The van der Waals surface area contributed by atoms with Crippen LogP contribution in [0.4, 0.5) is 0 Å². The lowest BCUT2D eigenvalue weighted by atomic mass is 9.29. The predicted molar refractivity (Wildman–Crippen MR) is 127 cm³/mol. The van der Waals surface area contributed by atoms with Crippen LogP contribution in [0.3, 0.4) is 0 Å². The van der Waals surface area contributed by atoms with Crippen molar-refractivity contribution in [1.82, 2.24) is 14.1 Å². The summed E-state index contributed by atoms with van der Waals surface area (Å²) in [7, 11) is 0. The molecule has 30 heavy (non-hydrogen) atoms. The fraction of sp³-hybridized carbons (Fsp3) is 0.192. The molecular formula is C26H24BN3. The summed E-state index contributed by atoms with van der Waals surface area (Å²) in [5.41, 5.74) is 7.80. The minimum Gasteiger partial charge on any atom is -0.318 e. The Balaban J connectivity index is 1.87. The van der Waals surface area contributed by atoms with Gasteiger partial charge < -0.3 is 4.57 Å². The Kier molecular flexibility index (Phi) is 3.45. The number of nitrogens with zero attached hydrogens (tertiary/aromatic N) is 3. The maximum atomic E-state index is 4.86. The molecule has 2 aromatic heterocycles. The number of rotatable bonds is 1. The van der Waals surface area contributed by atoms with Crippen LogP contribution in [0.15, 0.2) is 73.1 Å². The monoisotopic (exact) mass is 389 g/mol. The van der Waals surface area contributed by atoms with Gasteiger partial charge in [-0.1, -0.05) is 71.2 Å². The van der Waals surface area contributed by atoms with Crippen molar-refractivity contribution in [2.45, 2.75) is 33.1 Å². The fourth-order valence-electron chi connectivity index (χ4n) is 5.71. The number of imidazole rings is 1. The first kappa shape index (κ1) is 17.6. The van der Waals surface area contributed by atoms with Gasteiger partial charge in [-0.2, -0.15) is 0 Å². The van der Waals surface area contributed by atoms with Crippen LogP contribution < -0.4 is 10.9 Å². The van der Waals surface area contributed by atoms with Crippen molar-refractivity contribution in [3.63, 3.8) is 0 Å². The molecule has 1 aliphatic rings. The molecule has 0 aliphatic carbocycles. The third-order valence-corrected chi connectivity index (χ3v) is 7.02. The lowest BCUT2D eigenvalue weighted by molar-refractivity contribution is 0.505. The number of benzene rings is 3. The molecule has 3 heterocycles. The molecule has 0 amide bonds. The maximum Gasteiger partial charge on any atom is 0.240 e. The minimum atomic E-state index is -0.183. The summed E-state index contributed by atoms with van der Waals surface area (Å²) < 4.78 is 4.74. The van der Waals surface area contributed by atoms with Gasteiger partial charge in [0, 0.05) is 28.6 Å². The van der Waals surface area contributed by atoms with Gasteiger partial charge in [0.25, 0.3) is 0 Å². The molecule has 0 saturated carbocycles. The van der Waals surface area contributed by atoms with E-state index in [0.29, 0.717) is 0 Å². The second-order valence-electron chi connectivity index (χ2n) is 9.09. The molecule has 6 rings (SSSR count). The highest BCUT2D eigenvalue weighted by Crippen LogP contribution is 2.36. The SMILES string of the molecule is Cc1cccc(C)c1B1c2cccc3c4ccccc4n(c23)-c2nccn2C1(C)C. The van der Waals surface area contributed by atoms with Gasteiger partial charge >= 0.3 is 0 Å². The van der Waals surface area contributed by atoms with Crippen LogP contribution in [-0.4, -0.2) is 20.8 Å². The quantitative estimate of drug-likeness (QED) is 0.387. The minimum absolute atomic E-state index is 0.183. The van der Waals surface area contributed by atoms with E-state index in [1.165, 1.54) is 43.9 Å². The van der Waals surface area contributed by atoms with Crippen LogP contribution in [0.2, 0.25) is 0 Å². The zero-order valence-electron chi connectivity index (χ0n) is 17.8. The van der Waals surface area contributed by atoms with Crippen molar-refractivity contribution in [1.29, 1.82) is 0 Å². The van der Waals surface area contributed by atoms with Crippen LogP contribution in [0.5, 0.6) is 0 Å². The van der Waals surface area contributed by atoms with Gasteiger partial charge in [-0.05, 0) is 39.2 Å². The number of para-hydroxylation sites is 2. The molecule has 146 valence electrons. The highest BCUT2D eigenvalue weighted by atomic mass is 15.3. The summed E-state index contributed by atoms with van der Waals surface area (Å²) in [6, 6.07) is 22.1. The first-order valence-corrected chi connectivity index (χ1v) is 10.6. The number of aromatic nitrogens is 3. The summed E-state index contributed by atoms with van der Waals surface area (Å²) in [6.45, 7) is 9.40. The molecule has 0 bridgehead atoms. The van der Waals surface area contributed by atoms with Gasteiger partial charge in [0.2, 0.25) is 12.7 Å². The van der Waals surface area contributed by atoms with E-state index >= 15 is 0 Å². The standard InChI is InChI=1S/C26H24BN3/c1-17-9-7-10-18(2)23(17)27-21-13-8-12-20-19-11-5-6-14-22(19)30(24(20)21)25-28-15-16-29(25)26(27,3)4/h5-16H,1-4H3. The molecule has 5 aromatic rings.